The number of hydrogen-bond acceptors (Lipinski definition) is 3. The molecule has 72 valence electrons. The van der Waals surface area contributed by atoms with Crippen LogP contribution in [0.15, 0.2) is 0 Å². The Morgan fingerprint density at radius 2 is 1.83 bits per heavy atom. The molecule has 12 heavy (non-hydrogen) atoms. The van der Waals surface area contributed by atoms with Gasteiger partial charge in [-0.3, -0.25) is 9.05 Å². The lowest BCUT2D eigenvalue weighted by Gasteiger charge is -2.37. The molecule has 0 aliphatic carbocycles. The Kier molecular flexibility index (Phi) is 2.89. The van der Waals surface area contributed by atoms with Gasteiger partial charge in [-0.25, -0.2) is 4.57 Å². The highest BCUT2D eigenvalue weighted by molar-refractivity contribution is 7.81. The Labute approximate surface area is 77.7 Å². The molecule has 1 heterocycles. The Morgan fingerprint density at radius 1 is 1.42 bits per heavy atom. The van der Waals surface area contributed by atoms with Crippen LogP contribution in [0, 0.1) is 11.3 Å². The fourth-order valence-corrected chi connectivity index (χ4v) is 2.13. The van der Waals surface area contributed by atoms with Crippen molar-refractivity contribution in [3.63, 3.8) is 0 Å². The van der Waals surface area contributed by atoms with Crippen molar-refractivity contribution in [2.75, 3.05) is 13.2 Å². The van der Waals surface area contributed by atoms with Crippen molar-refractivity contribution in [3.05, 3.63) is 0 Å². The molecule has 0 N–H and O–H groups in total. The summed E-state index contributed by atoms with van der Waals surface area (Å²) in [6, 6.07) is 0. The van der Waals surface area contributed by atoms with Crippen LogP contribution >= 0.6 is 18.2 Å². The molecule has 0 atom stereocenters. The minimum Gasteiger partial charge on any atom is -0.296 e. The first kappa shape index (κ1) is 10.5. The van der Waals surface area contributed by atoms with Crippen LogP contribution in [-0.4, -0.2) is 13.2 Å². The van der Waals surface area contributed by atoms with Crippen LogP contribution in [0.3, 0.4) is 0 Å². The molecule has 0 saturated carbocycles. The minimum absolute atomic E-state index is 0.0667. The second-order valence-electron chi connectivity index (χ2n) is 3.79. The van der Waals surface area contributed by atoms with Crippen LogP contribution in [0.25, 0.3) is 0 Å². The topological polar surface area (TPSA) is 35.5 Å². The highest BCUT2D eigenvalue weighted by Crippen LogP contribution is 2.58. The van der Waals surface area contributed by atoms with Crippen molar-refractivity contribution >= 4 is 18.2 Å². The summed E-state index contributed by atoms with van der Waals surface area (Å²) in [7, 11) is 0. The summed E-state index contributed by atoms with van der Waals surface area (Å²) < 4.78 is 20.9. The third-order valence-electron chi connectivity index (χ3n) is 2.49. The summed E-state index contributed by atoms with van der Waals surface area (Å²) in [6.45, 7) is 3.78. The fraction of sp³-hybridized carbons (Fsp3) is 1.00. The highest BCUT2D eigenvalue weighted by Gasteiger charge is 2.39. The maximum absolute atomic E-state index is 11.1. The van der Waals surface area contributed by atoms with E-state index < -0.39 is 6.95 Å². The van der Waals surface area contributed by atoms with E-state index in [9.17, 15) is 4.57 Å². The van der Waals surface area contributed by atoms with Crippen LogP contribution in [0.1, 0.15) is 20.8 Å². The van der Waals surface area contributed by atoms with Crippen molar-refractivity contribution < 1.29 is 13.6 Å². The second-order valence-corrected chi connectivity index (χ2v) is 6.41. The number of hydrogen-bond donors (Lipinski definition) is 0. The first-order chi connectivity index (χ1) is 5.36. The molecule has 1 rings (SSSR count). The van der Waals surface area contributed by atoms with Gasteiger partial charge in [-0.1, -0.05) is 20.8 Å². The Hall–Kier alpha value is 0.440. The lowest BCUT2D eigenvalue weighted by molar-refractivity contribution is 0.00510. The van der Waals surface area contributed by atoms with E-state index in [1.165, 1.54) is 0 Å². The molecule has 0 aromatic rings. The zero-order chi connectivity index (χ0) is 9.41. The SMILES string of the molecule is CC(C)C1(C)COP(=O)(Cl)OC1. The quantitative estimate of drug-likeness (QED) is 0.627. The average molecular weight is 213 g/mol. The zero-order valence-electron chi connectivity index (χ0n) is 7.54. The van der Waals surface area contributed by atoms with E-state index in [0.717, 1.165) is 0 Å². The van der Waals surface area contributed by atoms with Gasteiger partial charge in [0.15, 0.2) is 0 Å². The predicted molar refractivity (Wildman–Crippen MR) is 48.3 cm³/mol. The van der Waals surface area contributed by atoms with Crippen LogP contribution in [-0.2, 0) is 13.6 Å². The van der Waals surface area contributed by atoms with E-state index in [1.54, 1.807) is 0 Å². The molecular formula is C7H14ClO3P. The third kappa shape index (κ3) is 2.23. The molecule has 1 aliphatic rings. The lowest BCUT2D eigenvalue weighted by atomic mass is 9.81. The van der Waals surface area contributed by atoms with Gasteiger partial charge >= 0.3 is 6.95 Å². The van der Waals surface area contributed by atoms with Gasteiger partial charge in [-0.05, 0) is 5.92 Å². The number of rotatable bonds is 1. The summed E-state index contributed by atoms with van der Waals surface area (Å²) >= 11 is 5.42. The van der Waals surface area contributed by atoms with Crippen molar-refractivity contribution in [2.24, 2.45) is 11.3 Å². The van der Waals surface area contributed by atoms with Crippen molar-refractivity contribution in [1.29, 1.82) is 0 Å². The smallest absolute Gasteiger partial charge is 0.296 e. The second kappa shape index (κ2) is 3.30. The molecule has 0 aromatic heterocycles. The minimum atomic E-state index is -3.23. The summed E-state index contributed by atoms with van der Waals surface area (Å²) in [6.07, 6.45) is 0. The molecule has 1 fully saturated rings. The Bertz CT molecular complexity index is 205. The monoisotopic (exact) mass is 212 g/mol. The van der Waals surface area contributed by atoms with Crippen molar-refractivity contribution in [2.45, 2.75) is 20.8 Å². The van der Waals surface area contributed by atoms with E-state index >= 15 is 0 Å². The first-order valence-electron chi connectivity index (χ1n) is 3.94. The molecule has 0 aromatic carbocycles. The molecule has 1 saturated heterocycles. The van der Waals surface area contributed by atoms with Gasteiger partial charge in [0, 0.05) is 16.7 Å². The fourth-order valence-electron chi connectivity index (χ4n) is 0.861. The van der Waals surface area contributed by atoms with E-state index in [0.29, 0.717) is 19.1 Å². The van der Waals surface area contributed by atoms with E-state index in [2.05, 4.69) is 13.8 Å². The maximum Gasteiger partial charge on any atom is 0.424 e. The van der Waals surface area contributed by atoms with Gasteiger partial charge in [-0.2, -0.15) is 0 Å². The van der Waals surface area contributed by atoms with Crippen LogP contribution in [0.4, 0.5) is 0 Å². The standard InChI is InChI=1S/C7H14ClO3P/c1-6(2)7(3)4-10-12(8,9)11-5-7/h6H,4-5H2,1-3H3. The molecule has 0 amide bonds. The Balaban J connectivity index is 2.62. The van der Waals surface area contributed by atoms with E-state index in [1.807, 2.05) is 6.92 Å². The molecule has 0 bridgehead atoms. The predicted octanol–water partition coefficient (Wildman–Crippen LogP) is 3.04. The zero-order valence-corrected chi connectivity index (χ0v) is 9.19. The summed E-state index contributed by atoms with van der Waals surface area (Å²) in [5.41, 5.74) is -0.0667. The van der Waals surface area contributed by atoms with Gasteiger partial charge in [0.25, 0.3) is 0 Å². The molecule has 0 radical (unpaired) electrons. The number of halogens is 1. The van der Waals surface area contributed by atoms with Crippen LogP contribution in [0.2, 0.25) is 0 Å². The average Bonchev–Trinajstić information content (AvgIpc) is 1.96. The summed E-state index contributed by atoms with van der Waals surface area (Å²) in [5, 5.41) is 0. The van der Waals surface area contributed by atoms with E-state index in [-0.39, 0.29) is 5.41 Å². The Morgan fingerprint density at radius 3 is 2.17 bits per heavy atom. The summed E-state index contributed by atoms with van der Waals surface area (Å²) in [4.78, 5) is 0. The van der Waals surface area contributed by atoms with Gasteiger partial charge in [0.2, 0.25) is 0 Å². The first-order valence-corrected chi connectivity index (χ1v) is 6.39. The molecule has 3 nitrogen and oxygen atoms in total. The van der Waals surface area contributed by atoms with Crippen LogP contribution in [0.5, 0.6) is 0 Å². The lowest BCUT2D eigenvalue weighted by Crippen LogP contribution is -2.36. The molecule has 5 heteroatoms. The normalized spacial score (nSPS) is 43.4. The summed E-state index contributed by atoms with van der Waals surface area (Å²) in [5.74, 6) is 0.425. The molecular weight excluding hydrogens is 199 g/mol. The molecule has 1 aliphatic heterocycles. The van der Waals surface area contributed by atoms with Gasteiger partial charge < -0.3 is 0 Å². The van der Waals surface area contributed by atoms with Crippen LogP contribution < -0.4 is 0 Å². The van der Waals surface area contributed by atoms with Crippen molar-refractivity contribution in [1.82, 2.24) is 0 Å². The van der Waals surface area contributed by atoms with E-state index in [4.69, 9.17) is 20.3 Å². The molecule has 0 unspecified atom stereocenters. The van der Waals surface area contributed by atoms with Gasteiger partial charge in [-0.15, -0.1) is 0 Å². The van der Waals surface area contributed by atoms with Crippen molar-refractivity contribution in [3.8, 4) is 0 Å². The third-order valence-corrected chi connectivity index (χ3v) is 3.95. The molecule has 0 spiro atoms. The highest BCUT2D eigenvalue weighted by atomic mass is 35.7. The van der Waals surface area contributed by atoms with Gasteiger partial charge in [0.1, 0.15) is 0 Å². The van der Waals surface area contributed by atoms with Gasteiger partial charge in [0.05, 0.1) is 13.2 Å². The maximum atomic E-state index is 11.1. The largest absolute Gasteiger partial charge is 0.424 e.